The van der Waals surface area contributed by atoms with Crippen LogP contribution in [0.1, 0.15) is 13.8 Å². The van der Waals surface area contributed by atoms with Gasteiger partial charge in [-0.25, -0.2) is 9.59 Å². The van der Waals surface area contributed by atoms with E-state index in [1.807, 2.05) is 0 Å². The van der Waals surface area contributed by atoms with E-state index < -0.39 is 19.8 Å². The minimum atomic E-state index is -4.47. The summed E-state index contributed by atoms with van der Waals surface area (Å²) in [6.45, 7) is 9.59. The monoisotopic (exact) mass is 448 g/mol. The van der Waals surface area contributed by atoms with E-state index in [1.165, 1.54) is 13.8 Å². The smallest absolute Gasteiger partial charge is 0.756 e. The van der Waals surface area contributed by atoms with Crippen LogP contribution >= 0.6 is 7.82 Å². The predicted octanol–water partition coefficient (Wildman–Crippen LogP) is -2.24. The SMILES string of the molecule is C=C(C)C(=O)OCCOCCOP(=O)([O-])OCCOCCOC(=O)C(=C)C.[K+]. The second-order valence-corrected chi connectivity index (χ2v) is 6.58. The first-order valence-corrected chi connectivity index (χ1v) is 9.52. The van der Waals surface area contributed by atoms with Crippen LogP contribution in [0.3, 0.4) is 0 Å². The molecule has 0 N–H and O–H groups in total. The summed E-state index contributed by atoms with van der Waals surface area (Å²) in [5.41, 5.74) is 0.555. The average molecular weight is 448 g/mol. The number of rotatable bonds is 16. The Kier molecular flexibility index (Phi) is 19.4. The van der Waals surface area contributed by atoms with Gasteiger partial charge in [0.25, 0.3) is 7.82 Å². The maximum absolute atomic E-state index is 11.5. The second-order valence-electron chi connectivity index (χ2n) is 5.17. The van der Waals surface area contributed by atoms with Crippen LogP contribution in [0.25, 0.3) is 0 Å². The van der Waals surface area contributed by atoms with E-state index in [4.69, 9.17) is 18.9 Å². The second kappa shape index (κ2) is 17.9. The van der Waals surface area contributed by atoms with Gasteiger partial charge in [-0.2, -0.15) is 0 Å². The molecule has 0 aliphatic heterocycles. The molecule has 0 aliphatic carbocycles. The Balaban J connectivity index is 0. The van der Waals surface area contributed by atoms with Crippen molar-refractivity contribution in [1.82, 2.24) is 0 Å². The van der Waals surface area contributed by atoms with E-state index in [2.05, 4.69) is 22.2 Å². The first-order valence-electron chi connectivity index (χ1n) is 8.06. The molecule has 0 spiro atoms. The molecule has 0 aromatic rings. The number of hydrogen-bond acceptors (Lipinski definition) is 10. The van der Waals surface area contributed by atoms with Crippen molar-refractivity contribution in [3.63, 3.8) is 0 Å². The first kappa shape index (κ1) is 30.3. The van der Waals surface area contributed by atoms with Crippen molar-refractivity contribution in [2.45, 2.75) is 13.8 Å². The molecule has 28 heavy (non-hydrogen) atoms. The van der Waals surface area contributed by atoms with Gasteiger partial charge < -0.3 is 32.9 Å². The van der Waals surface area contributed by atoms with E-state index in [9.17, 15) is 19.0 Å². The third kappa shape index (κ3) is 18.1. The number of hydrogen-bond donors (Lipinski definition) is 0. The number of carbonyl (C=O) groups is 2. The van der Waals surface area contributed by atoms with Crippen LogP contribution in [-0.2, 0) is 42.1 Å². The molecule has 0 aliphatic rings. The Morgan fingerprint density at radius 3 is 1.39 bits per heavy atom. The van der Waals surface area contributed by atoms with E-state index in [0.717, 1.165) is 0 Å². The zero-order valence-electron chi connectivity index (χ0n) is 16.6. The van der Waals surface area contributed by atoms with Gasteiger partial charge in [-0.15, -0.1) is 0 Å². The first-order chi connectivity index (χ1) is 12.7. The van der Waals surface area contributed by atoms with E-state index in [0.29, 0.717) is 0 Å². The summed E-state index contributed by atoms with van der Waals surface area (Å²) in [5, 5.41) is 0. The van der Waals surface area contributed by atoms with E-state index in [1.54, 1.807) is 0 Å². The van der Waals surface area contributed by atoms with Gasteiger partial charge in [0.15, 0.2) is 0 Å². The quantitative estimate of drug-likeness (QED) is 0.0840. The summed E-state index contributed by atoms with van der Waals surface area (Å²) in [7, 11) is -4.47. The molecule has 10 nitrogen and oxygen atoms in total. The minimum Gasteiger partial charge on any atom is -0.756 e. The molecular formula is C16H26KO10P. The Hall–Kier alpha value is 0.0864. The van der Waals surface area contributed by atoms with Gasteiger partial charge in [-0.3, -0.25) is 4.57 Å². The Morgan fingerprint density at radius 1 is 0.750 bits per heavy atom. The van der Waals surface area contributed by atoms with E-state index >= 15 is 0 Å². The van der Waals surface area contributed by atoms with Gasteiger partial charge in [0.2, 0.25) is 0 Å². The normalized spacial score (nSPS) is 10.7. The zero-order chi connectivity index (χ0) is 20.7. The van der Waals surface area contributed by atoms with Gasteiger partial charge in [0, 0.05) is 11.1 Å². The molecule has 0 rings (SSSR count). The third-order valence-corrected chi connectivity index (χ3v) is 3.57. The molecule has 0 fully saturated rings. The summed E-state index contributed by atoms with van der Waals surface area (Å²) in [4.78, 5) is 33.6. The molecule has 0 aromatic heterocycles. The predicted molar refractivity (Wildman–Crippen MR) is 92.7 cm³/mol. The fourth-order valence-electron chi connectivity index (χ4n) is 1.29. The molecule has 0 bridgehead atoms. The topological polar surface area (TPSA) is 130 Å². The van der Waals surface area contributed by atoms with Crippen molar-refractivity contribution >= 4 is 19.8 Å². The van der Waals surface area contributed by atoms with Crippen molar-refractivity contribution in [3.8, 4) is 0 Å². The van der Waals surface area contributed by atoms with Crippen LogP contribution in [0.4, 0.5) is 0 Å². The van der Waals surface area contributed by atoms with E-state index in [-0.39, 0.29) is 115 Å². The van der Waals surface area contributed by atoms with Crippen LogP contribution in [0.2, 0.25) is 0 Å². The summed E-state index contributed by atoms with van der Waals surface area (Å²) < 4.78 is 40.3. The molecule has 156 valence electrons. The van der Waals surface area contributed by atoms with Crippen LogP contribution in [0, 0.1) is 0 Å². The van der Waals surface area contributed by atoms with Gasteiger partial charge in [0.1, 0.15) is 13.2 Å². The molecule has 0 heterocycles. The van der Waals surface area contributed by atoms with Crippen molar-refractivity contribution in [2.24, 2.45) is 0 Å². The number of phosphoric acid groups is 1. The number of esters is 2. The molecule has 0 atom stereocenters. The Morgan fingerprint density at radius 2 is 1.07 bits per heavy atom. The summed E-state index contributed by atoms with van der Waals surface area (Å²) in [5.74, 6) is -1.05. The van der Waals surface area contributed by atoms with Crippen LogP contribution in [-0.4, -0.2) is 64.8 Å². The largest absolute Gasteiger partial charge is 1.00 e. The van der Waals surface area contributed by atoms with Crippen molar-refractivity contribution in [1.29, 1.82) is 0 Å². The van der Waals surface area contributed by atoms with Crippen LogP contribution in [0.15, 0.2) is 24.3 Å². The molecule has 0 saturated heterocycles. The molecule has 12 heteroatoms. The number of carbonyl (C=O) groups excluding carboxylic acids is 2. The summed E-state index contributed by atoms with van der Waals surface area (Å²) in [6.07, 6.45) is 0. The van der Waals surface area contributed by atoms with Gasteiger partial charge in [-0.1, -0.05) is 13.2 Å². The van der Waals surface area contributed by atoms with Crippen molar-refractivity contribution in [2.75, 3.05) is 52.9 Å². The van der Waals surface area contributed by atoms with Crippen LogP contribution in [0.5, 0.6) is 0 Å². The van der Waals surface area contributed by atoms with Gasteiger partial charge >= 0.3 is 63.3 Å². The van der Waals surface area contributed by atoms with Crippen molar-refractivity contribution in [3.05, 3.63) is 24.3 Å². The molecule has 0 unspecified atom stereocenters. The molecule has 0 radical (unpaired) electrons. The minimum absolute atomic E-state index is 0. The average Bonchev–Trinajstić information content (AvgIpc) is 2.59. The number of ether oxygens (including phenoxy) is 4. The number of phosphoric ester groups is 1. The van der Waals surface area contributed by atoms with Crippen LogP contribution < -0.4 is 56.3 Å². The molecule has 0 amide bonds. The maximum atomic E-state index is 11.5. The zero-order valence-corrected chi connectivity index (χ0v) is 20.6. The fraction of sp³-hybridized carbons (Fsp3) is 0.625. The summed E-state index contributed by atoms with van der Waals surface area (Å²) in [6, 6.07) is 0. The Labute approximate surface area is 207 Å². The Bertz CT molecular complexity index is 508. The maximum Gasteiger partial charge on any atom is 1.00 e. The van der Waals surface area contributed by atoms with Crippen molar-refractivity contribution < 1.29 is 98.4 Å². The van der Waals surface area contributed by atoms with Gasteiger partial charge in [0.05, 0.1) is 39.6 Å². The summed E-state index contributed by atoms with van der Waals surface area (Å²) >= 11 is 0. The molecular weight excluding hydrogens is 422 g/mol. The molecule has 0 saturated carbocycles. The van der Waals surface area contributed by atoms with Gasteiger partial charge in [-0.05, 0) is 13.8 Å². The standard InChI is InChI=1S/C16H27O10P.K/c1-13(2)15(17)23-9-5-21-7-11-25-27(19,20)26-12-8-22-6-10-24-16(18)14(3)4;/h1,3,5-12H2,2,4H3,(H,19,20);/q;+1/p-1. The molecule has 0 aromatic carbocycles. The third-order valence-electron chi connectivity index (χ3n) is 2.57. The fourth-order valence-corrected chi connectivity index (χ4v) is 1.96.